The van der Waals surface area contributed by atoms with E-state index in [1.807, 2.05) is 0 Å². The van der Waals surface area contributed by atoms with Crippen LogP contribution in [-0.2, 0) is 9.53 Å². The van der Waals surface area contributed by atoms with Crippen LogP contribution >= 0.6 is 47.0 Å². The fraction of sp³-hybridized carbons (Fsp3) is 0.526. The lowest BCUT2D eigenvalue weighted by Gasteiger charge is -2.27. The summed E-state index contributed by atoms with van der Waals surface area (Å²) >= 11 is 23.2. The van der Waals surface area contributed by atoms with Crippen molar-refractivity contribution in [3.8, 4) is 0 Å². The van der Waals surface area contributed by atoms with Gasteiger partial charge < -0.3 is 20.7 Å². The van der Waals surface area contributed by atoms with E-state index in [1.165, 1.54) is 0 Å². The maximum atomic E-state index is 12.1. The molecular formula is C19H26Cl3N3O3S. The molecule has 6 nitrogen and oxygen atoms in total. The molecule has 10 heteroatoms. The molecule has 0 saturated carbocycles. The number of ether oxygens (including phenoxy) is 1. The van der Waals surface area contributed by atoms with E-state index in [0.29, 0.717) is 24.3 Å². The molecule has 0 fully saturated rings. The zero-order valence-electron chi connectivity index (χ0n) is 16.4. The summed E-state index contributed by atoms with van der Waals surface area (Å²) < 4.78 is 3.13. The van der Waals surface area contributed by atoms with Gasteiger partial charge in [-0.3, -0.25) is 4.79 Å². The van der Waals surface area contributed by atoms with Crippen LogP contribution in [0.25, 0.3) is 0 Å². The number of carbonyl (C=O) groups excluding carboxylic acids is 2. The smallest absolute Gasteiger partial charge is 0.338 e. The molecule has 0 aromatic heterocycles. The van der Waals surface area contributed by atoms with Crippen molar-refractivity contribution in [3.63, 3.8) is 0 Å². The molecule has 0 radical (unpaired) electrons. The molecule has 1 unspecified atom stereocenters. The molecule has 0 saturated heterocycles. The van der Waals surface area contributed by atoms with Gasteiger partial charge in [0.15, 0.2) is 5.11 Å². The van der Waals surface area contributed by atoms with Gasteiger partial charge >= 0.3 is 5.97 Å². The van der Waals surface area contributed by atoms with Gasteiger partial charge in [-0.15, -0.1) is 0 Å². The number of anilines is 1. The third kappa shape index (κ3) is 10.3. The number of thiocarbonyl (C=S) groups is 1. The van der Waals surface area contributed by atoms with Gasteiger partial charge in [-0.2, -0.15) is 0 Å². The predicted octanol–water partition coefficient (Wildman–Crippen LogP) is 4.93. The highest BCUT2D eigenvalue weighted by atomic mass is 35.6. The number of amides is 1. The first-order chi connectivity index (χ1) is 13.7. The van der Waals surface area contributed by atoms with Gasteiger partial charge in [0.2, 0.25) is 9.70 Å². The van der Waals surface area contributed by atoms with Crippen molar-refractivity contribution < 1.29 is 14.3 Å². The van der Waals surface area contributed by atoms with Crippen LogP contribution in [0.4, 0.5) is 5.69 Å². The quantitative estimate of drug-likeness (QED) is 0.144. The monoisotopic (exact) mass is 481 g/mol. The van der Waals surface area contributed by atoms with E-state index in [1.54, 1.807) is 31.2 Å². The number of halogens is 3. The van der Waals surface area contributed by atoms with Crippen molar-refractivity contribution in [1.82, 2.24) is 10.6 Å². The third-order valence-corrected chi connectivity index (χ3v) is 4.69. The fourth-order valence-corrected chi connectivity index (χ4v) is 2.91. The Morgan fingerprint density at radius 2 is 1.72 bits per heavy atom. The van der Waals surface area contributed by atoms with E-state index < -0.39 is 15.9 Å². The van der Waals surface area contributed by atoms with Gasteiger partial charge in [0.1, 0.15) is 6.17 Å². The van der Waals surface area contributed by atoms with Crippen molar-refractivity contribution in [1.29, 1.82) is 0 Å². The number of hydrogen-bond donors (Lipinski definition) is 3. The number of unbranched alkanes of at least 4 members (excludes halogenated alkanes) is 3. The average Bonchev–Trinajstić information content (AvgIpc) is 2.64. The Hall–Kier alpha value is -1.28. The lowest BCUT2D eigenvalue weighted by atomic mass is 10.1. The second kappa shape index (κ2) is 13.1. The first-order valence-corrected chi connectivity index (χ1v) is 10.9. The molecule has 0 bridgehead atoms. The van der Waals surface area contributed by atoms with Gasteiger partial charge in [-0.25, -0.2) is 4.79 Å². The molecule has 0 aliphatic carbocycles. The van der Waals surface area contributed by atoms with Crippen LogP contribution in [0.3, 0.4) is 0 Å². The van der Waals surface area contributed by atoms with Gasteiger partial charge in [-0.05, 0) is 49.8 Å². The Bertz CT molecular complexity index is 682. The summed E-state index contributed by atoms with van der Waals surface area (Å²) in [5, 5.41) is 8.52. The number of alkyl halides is 3. The Labute approximate surface area is 192 Å². The second-order valence-corrected chi connectivity index (χ2v) is 9.03. The first-order valence-electron chi connectivity index (χ1n) is 9.38. The molecule has 1 aromatic carbocycles. The maximum Gasteiger partial charge on any atom is 0.338 e. The van der Waals surface area contributed by atoms with E-state index in [9.17, 15) is 9.59 Å². The minimum Gasteiger partial charge on any atom is -0.462 e. The number of carbonyl (C=O) groups is 2. The van der Waals surface area contributed by atoms with Crippen molar-refractivity contribution in [2.45, 2.75) is 55.9 Å². The number of benzene rings is 1. The minimum atomic E-state index is -1.81. The highest BCUT2D eigenvalue weighted by Crippen LogP contribution is 2.29. The Balaban J connectivity index is 2.62. The SMILES string of the molecule is CCCCCCC(=O)NC(NC(=S)Nc1ccc(C(=O)OCC)cc1)C(Cl)(Cl)Cl. The Kier molecular flexibility index (Phi) is 11.6. The molecular weight excluding hydrogens is 457 g/mol. The van der Waals surface area contributed by atoms with Crippen molar-refractivity contribution in [2.75, 3.05) is 11.9 Å². The van der Waals surface area contributed by atoms with E-state index in [-0.39, 0.29) is 11.0 Å². The number of hydrogen-bond acceptors (Lipinski definition) is 4. The Morgan fingerprint density at radius 3 is 2.28 bits per heavy atom. The molecule has 0 aliphatic rings. The number of nitrogens with one attached hydrogen (secondary N) is 3. The highest BCUT2D eigenvalue weighted by molar-refractivity contribution is 7.80. The topological polar surface area (TPSA) is 79.5 Å². The minimum absolute atomic E-state index is 0.150. The maximum absolute atomic E-state index is 12.1. The van der Waals surface area contributed by atoms with Gasteiger partial charge in [0.05, 0.1) is 12.2 Å². The standard InChI is InChI=1S/C19H26Cl3N3O3S/c1-3-5-6-7-8-15(26)24-17(19(20,21)22)25-18(29)23-14-11-9-13(10-12-14)16(27)28-4-2/h9-12,17H,3-8H2,1-2H3,(H,24,26)(H2,23,25,29). The molecule has 29 heavy (non-hydrogen) atoms. The van der Waals surface area contributed by atoms with Crippen LogP contribution in [0.15, 0.2) is 24.3 Å². The average molecular weight is 483 g/mol. The van der Waals surface area contributed by atoms with Gasteiger partial charge in [0.25, 0.3) is 0 Å². The van der Waals surface area contributed by atoms with Gasteiger partial charge in [-0.1, -0.05) is 61.0 Å². The summed E-state index contributed by atoms with van der Waals surface area (Å²) in [6.45, 7) is 4.14. The van der Waals surface area contributed by atoms with E-state index in [2.05, 4.69) is 22.9 Å². The molecule has 0 aliphatic heterocycles. The van der Waals surface area contributed by atoms with E-state index in [4.69, 9.17) is 51.8 Å². The molecule has 1 atom stereocenters. The van der Waals surface area contributed by atoms with Gasteiger partial charge in [0, 0.05) is 12.1 Å². The fourth-order valence-electron chi connectivity index (χ4n) is 2.35. The van der Waals surface area contributed by atoms with Crippen LogP contribution in [0.5, 0.6) is 0 Å². The normalized spacial score (nSPS) is 12.0. The molecule has 1 aromatic rings. The van der Waals surface area contributed by atoms with Crippen molar-refractivity contribution in [2.24, 2.45) is 0 Å². The van der Waals surface area contributed by atoms with Crippen LogP contribution < -0.4 is 16.0 Å². The van der Waals surface area contributed by atoms with Crippen molar-refractivity contribution in [3.05, 3.63) is 29.8 Å². The second-order valence-electron chi connectivity index (χ2n) is 6.25. The van der Waals surface area contributed by atoms with Crippen LogP contribution in [0.1, 0.15) is 56.3 Å². The lowest BCUT2D eigenvalue weighted by Crippen LogP contribution is -2.56. The van der Waals surface area contributed by atoms with Crippen LogP contribution in [0, 0.1) is 0 Å². The highest BCUT2D eigenvalue weighted by Gasteiger charge is 2.34. The largest absolute Gasteiger partial charge is 0.462 e. The predicted molar refractivity (Wildman–Crippen MR) is 123 cm³/mol. The van der Waals surface area contributed by atoms with Crippen molar-refractivity contribution >= 4 is 69.7 Å². The third-order valence-electron chi connectivity index (χ3n) is 3.82. The summed E-state index contributed by atoms with van der Waals surface area (Å²) in [5.74, 6) is -0.635. The van der Waals surface area contributed by atoms with Crippen LogP contribution in [-0.4, -0.2) is 33.6 Å². The summed E-state index contributed by atoms with van der Waals surface area (Å²) in [4.78, 5) is 23.8. The zero-order chi connectivity index (χ0) is 21.9. The molecule has 0 spiro atoms. The molecule has 3 N–H and O–H groups in total. The zero-order valence-corrected chi connectivity index (χ0v) is 19.5. The number of rotatable bonds is 10. The molecule has 1 rings (SSSR count). The van der Waals surface area contributed by atoms with E-state index in [0.717, 1.165) is 25.7 Å². The van der Waals surface area contributed by atoms with E-state index >= 15 is 0 Å². The number of esters is 1. The Morgan fingerprint density at radius 1 is 1.07 bits per heavy atom. The summed E-state index contributed by atoms with van der Waals surface area (Å²) in [7, 11) is 0. The summed E-state index contributed by atoms with van der Waals surface area (Å²) in [6, 6.07) is 6.54. The summed E-state index contributed by atoms with van der Waals surface area (Å²) in [6.07, 6.45) is 3.22. The molecule has 0 heterocycles. The summed E-state index contributed by atoms with van der Waals surface area (Å²) in [5.41, 5.74) is 1.04. The van der Waals surface area contributed by atoms with Crippen LogP contribution in [0.2, 0.25) is 0 Å². The molecule has 1 amide bonds. The molecule has 162 valence electrons. The first kappa shape index (κ1) is 25.8. The lowest BCUT2D eigenvalue weighted by molar-refractivity contribution is -0.122.